The van der Waals surface area contributed by atoms with E-state index >= 15 is 0 Å². The van der Waals surface area contributed by atoms with Gasteiger partial charge >= 0.3 is 0 Å². The second-order valence-electron chi connectivity index (χ2n) is 4.46. The molecule has 2 N–H and O–H groups in total. The van der Waals surface area contributed by atoms with E-state index in [0.717, 1.165) is 5.82 Å². The fourth-order valence-electron chi connectivity index (χ4n) is 1.84. The molecule has 1 aromatic carbocycles. The van der Waals surface area contributed by atoms with Gasteiger partial charge in [-0.2, -0.15) is 4.98 Å². The lowest BCUT2D eigenvalue weighted by molar-refractivity contribution is 0.210. The van der Waals surface area contributed by atoms with Crippen LogP contribution in [0.15, 0.2) is 42.6 Å². The van der Waals surface area contributed by atoms with Crippen molar-refractivity contribution in [2.45, 2.75) is 13.0 Å². The van der Waals surface area contributed by atoms with Crippen molar-refractivity contribution in [3.8, 4) is 0 Å². The van der Waals surface area contributed by atoms with Crippen molar-refractivity contribution >= 4 is 11.8 Å². The summed E-state index contributed by atoms with van der Waals surface area (Å²) in [6.07, 6.45) is 1.74. The Morgan fingerprint density at radius 3 is 2.75 bits per heavy atom. The van der Waals surface area contributed by atoms with Crippen LogP contribution < -0.4 is 10.6 Å². The average Bonchev–Trinajstić information content (AvgIpc) is 2.49. The molecule has 0 aliphatic heterocycles. The number of hydrogen-bond donors (Lipinski definition) is 2. The number of hydrogen-bond acceptors (Lipinski definition) is 5. The summed E-state index contributed by atoms with van der Waals surface area (Å²) in [4.78, 5) is 8.59. The van der Waals surface area contributed by atoms with Crippen molar-refractivity contribution < 1.29 is 4.74 Å². The summed E-state index contributed by atoms with van der Waals surface area (Å²) in [6.45, 7) is 3.42. The normalized spacial score (nSPS) is 11.9. The molecule has 0 aliphatic carbocycles. The number of nitrogens with one attached hydrogen (secondary N) is 2. The number of methoxy groups -OCH3 is 1. The van der Waals surface area contributed by atoms with E-state index in [-0.39, 0.29) is 6.04 Å². The third-order valence-electron chi connectivity index (χ3n) is 2.91. The van der Waals surface area contributed by atoms with Crippen molar-refractivity contribution in [3.63, 3.8) is 0 Å². The van der Waals surface area contributed by atoms with E-state index in [1.165, 1.54) is 5.56 Å². The topological polar surface area (TPSA) is 59.1 Å². The summed E-state index contributed by atoms with van der Waals surface area (Å²) >= 11 is 0. The van der Waals surface area contributed by atoms with Crippen LogP contribution in [0.4, 0.5) is 11.8 Å². The number of ether oxygens (including phenoxy) is 1. The van der Waals surface area contributed by atoms with Crippen LogP contribution in [0.1, 0.15) is 18.5 Å². The van der Waals surface area contributed by atoms with E-state index in [1.54, 1.807) is 13.3 Å². The lowest BCUT2D eigenvalue weighted by Crippen LogP contribution is -2.12. The maximum absolute atomic E-state index is 4.98. The molecule has 0 saturated carbocycles. The predicted octanol–water partition coefficient (Wildman–Crippen LogP) is 2.71. The molecule has 0 spiro atoms. The highest BCUT2D eigenvalue weighted by Crippen LogP contribution is 2.17. The Bertz CT molecular complexity index is 518. The van der Waals surface area contributed by atoms with Gasteiger partial charge in [0.1, 0.15) is 5.82 Å². The number of aromatic nitrogens is 2. The summed E-state index contributed by atoms with van der Waals surface area (Å²) in [6, 6.07) is 12.3. The van der Waals surface area contributed by atoms with Crippen molar-refractivity contribution in [1.82, 2.24) is 9.97 Å². The Morgan fingerprint density at radius 1 is 1.20 bits per heavy atom. The molecule has 0 fully saturated rings. The SMILES string of the molecule is COCCNc1nccc(NC(C)c2ccccc2)n1. The molecule has 1 atom stereocenters. The van der Waals surface area contributed by atoms with Gasteiger partial charge in [-0.05, 0) is 18.6 Å². The fraction of sp³-hybridized carbons (Fsp3) is 0.333. The lowest BCUT2D eigenvalue weighted by atomic mass is 10.1. The minimum Gasteiger partial charge on any atom is -0.383 e. The Balaban J connectivity index is 1.97. The zero-order valence-electron chi connectivity index (χ0n) is 11.8. The first-order valence-corrected chi connectivity index (χ1v) is 6.67. The Kier molecular flexibility index (Phi) is 5.32. The fourth-order valence-corrected chi connectivity index (χ4v) is 1.84. The van der Waals surface area contributed by atoms with Gasteiger partial charge in [0.15, 0.2) is 0 Å². The van der Waals surface area contributed by atoms with Gasteiger partial charge in [-0.3, -0.25) is 0 Å². The smallest absolute Gasteiger partial charge is 0.224 e. The molecule has 1 aromatic heterocycles. The predicted molar refractivity (Wildman–Crippen MR) is 80.9 cm³/mol. The van der Waals surface area contributed by atoms with Gasteiger partial charge in [-0.1, -0.05) is 30.3 Å². The zero-order valence-corrected chi connectivity index (χ0v) is 11.8. The molecule has 5 heteroatoms. The Hall–Kier alpha value is -2.14. The maximum Gasteiger partial charge on any atom is 0.224 e. The summed E-state index contributed by atoms with van der Waals surface area (Å²) < 4.78 is 4.98. The second-order valence-corrected chi connectivity index (χ2v) is 4.46. The third kappa shape index (κ3) is 4.20. The van der Waals surface area contributed by atoms with Gasteiger partial charge in [0, 0.05) is 25.9 Å². The molecule has 0 saturated heterocycles. The van der Waals surface area contributed by atoms with Crippen LogP contribution in [0, 0.1) is 0 Å². The zero-order chi connectivity index (χ0) is 14.2. The second kappa shape index (κ2) is 7.45. The quantitative estimate of drug-likeness (QED) is 0.759. The van der Waals surface area contributed by atoms with Crippen LogP contribution in [0.25, 0.3) is 0 Å². The molecule has 20 heavy (non-hydrogen) atoms. The van der Waals surface area contributed by atoms with Gasteiger partial charge in [-0.15, -0.1) is 0 Å². The Labute approximate surface area is 119 Å². The van der Waals surface area contributed by atoms with Crippen LogP contribution in [0.2, 0.25) is 0 Å². The van der Waals surface area contributed by atoms with E-state index in [9.17, 15) is 0 Å². The molecular weight excluding hydrogens is 252 g/mol. The molecule has 1 heterocycles. The number of rotatable bonds is 7. The largest absolute Gasteiger partial charge is 0.383 e. The number of benzene rings is 1. The summed E-state index contributed by atoms with van der Waals surface area (Å²) in [7, 11) is 1.67. The van der Waals surface area contributed by atoms with Gasteiger partial charge in [0.25, 0.3) is 0 Å². The van der Waals surface area contributed by atoms with Crippen molar-refractivity contribution in [2.75, 3.05) is 30.9 Å². The minimum absolute atomic E-state index is 0.193. The molecule has 106 valence electrons. The molecule has 2 aromatic rings. The summed E-state index contributed by atoms with van der Waals surface area (Å²) in [5.74, 6) is 1.41. The molecule has 0 aliphatic rings. The number of nitrogens with zero attached hydrogens (tertiary/aromatic N) is 2. The van der Waals surface area contributed by atoms with Crippen LogP contribution in [0.3, 0.4) is 0 Å². The maximum atomic E-state index is 4.98. The monoisotopic (exact) mass is 272 g/mol. The van der Waals surface area contributed by atoms with E-state index in [4.69, 9.17) is 4.74 Å². The van der Waals surface area contributed by atoms with E-state index in [0.29, 0.717) is 19.1 Å². The first kappa shape index (κ1) is 14.3. The third-order valence-corrected chi connectivity index (χ3v) is 2.91. The molecular formula is C15H20N4O. The lowest BCUT2D eigenvalue weighted by Gasteiger charge is -2.15. The molecule has 5 nitrogen and oxygen atoms in total. The van der Waals surface area contributed by atoms with Gasteiger partial charge in [0.05, 0.1) is 6.61 Å². The molecule has 0 amide bonds. The standard InChI is InChI=1S/C15H20N4O/c1-12(13-6-4-3-5-7-13)18-14-8-9-16-15(19-14)17-10-11-20-2/h3-9,12H,10-11H2,1-2H3,(H2,16,17,18,19). The van der Waals surface area contributed by atoms with Crippen LogP contribution in [-0.4, -0.2) is 30.2 Å². The average molecular weight is 272 g/mol. The molecule has 0 bridgehead atoms. The summed E-state index contributed by atoms with van der Waals surface area (Å²) in [5, 5.41) is 6.48. The first-order chi connectivity index (χ1) is 9.79. The van der Waals surface area contributed by atoms with E-state index < -0.39 is 0 Å². The molecule has 1 unspecified atom stereocenters. The van der Waals surface area contributed by atoms with Crippen LogP contribution in [-0.2, 0) is 4.74 Å². The first-order valence-electron chi connectivity index (χ1n) is 6.67. The van der Waals surface area contributed by atoms with Crippen LogP contribution >= 0.6 is 0 Å². The number of anilines is 2. The Morgan fingerprint density at radius 2 is 2.00 bits per heavy atom. The summed E-state index contributed by atoms with van der Waals surface area (Å²) in [5.41, 5.74) is 1.22. The van der Waals surface area contributed by atoms with Crippen molar-refractivity contribution in [3.05, 3.63) is 48.2 Å². The van der Waals surface area contributed by atoms with Crippen LogP contribution in [0.5, 0.6) is 0 Å². The highest BCUT2D eigenvalue weighted by molar-refractivity contribution is 5.41. The van der Waals surface area contributed by atoms with Crippen molar-refractivity contribution in [1.29, 1.82) is 0 Å². The van der Waals surface area contributed by atoms with Gasteiger partial charge < -0.3 is 15.4 Å². The highest BCUT2D eigenvalue weighted by Gasteiger charge is 2.06. The highest BCUT2D eigenvalue weighted by atomic mass is 16.5. The minimum atomic E-state index is 0.193. The van der Waals surface area contributed by atoms with Gasteiger partial charge in [0.2, 0.25) is 5.95 Å². The molecule has 0 radical (unpaired) electrons. The van der Waals surface area contributed by atoms with E-state index in [2.05, 4.69) is 39.7 Å². The van der Waals surface area contributed by atoms with Gasteiger partial charge in [-0.25, -0.2) is 4.98 Å². The molecule has 2 rings (SSSR count). The van der Waals surface area contributed by atoms with Crippen molar-refractivity contribution in [2.24, 2.45) is 0 Å². The van der Waals surface area contributed by atoms with E-state index in [1.807, 2.05) is 24.3 Å².